The van der Waals surface area contributed by atoms with E-state index in [4.69, 9.17) is 22.2 Å². The van der Waals surface area contributed by atoms with E-state index in [2.05, 4.69) is 5.48 Å². The lowest BCUT2D eigenvalue weighted by molar-refractivity contribution is -0.119. The molecule has 0 saturated carbocycles. The van der Waals surface area contributed by atoms with E-state index in [1.54, 1.807) is 29.2 Å². The van der Waals surface area contributed by atoms with E-state index in [-0.39, 0.29) is 24.2 Å². The number of anilines is 1. The first-order valence-electron chi connectivity index (χ1n) is 9.35. The van der Waals surface area contributed by atoms with E-state index < -0.39 is 6.04 Å². The molecule has 3 rings (SSSR count). The highest BCUT2D eigenvalue weighted by atomic mass is 35.5. The Morgan fingerprint density at radius 3 is 2.67 bits per heavy atom. The number of hydrogen-bond donors (Lipinski definition) is 2. The number of benzene rings is 2. The average molecular weight is 470 g/mol. The topological polar surface area (TPSA) is 84.7 Å². The molecule has 1 heterocycles. The molecule has 0 aliphatic carbocycles. The Balaban J connectivity index is 0.00000320. The lowest BCUT2D eigenvalue weighted by Crippen LogP contribution is -2.44. The Morgan fingerprint density at radius 2 is 2.00 bits per heavy atom. The van der Waals surface area contributed by atoms with E-state index in [9.17, 15) is 9.59 Å². The second kappa shape index (κ2) is 11.0. The minimum absolute atomic E-state index is 0. The van der Waals surface area contributed by atoms with Gasteiger partial charge in [0.2, 0.25) is 5.91 Å². The molecule has 0 bridgehead atoms. The second-order valence-electron chi connectivity index (χ2n) is 7.29. The smallest absolute Gasteiger partial charge is 0.274 e. The summed E-state index contributed by atoms with van der Waals surface area (Å²) >= 11 is 7.48. The number of amides is 2. The number of nitrogens with zero attached hydrogens (tertiary/aromatic N) is 1. The molecule has 0 aromatic heterocycles. The largest absolute Gasteiger partial charge is 0.319 e. The molecule has 162 valence electrons. The van der Waals surface area contributed by atoms with Gasteiger partial charge in [0.05, 0.1) is 24.9 Å². The first kappa shape index (κ1) is 24.5. The zero-order valence-electron chi connectivity index (χ0n) is 16.8. The number of thioether (sulfide) groups is 1. The van der Waals surface area contributed by atoms with Crippen LogP contribution in [0.1, 0.15) is 29.8 Å². The van der Waals surface area contributed by atoms with Crippen molar-refractivity contribution in [3.63, 3.8) is 0 Å². The number of fused-ring (bicyclic) bond motifs is 1. The van der Waals surface area contributed by atoms with Gasteiger partial charge in [0.15, 0.2) is 0 Å². The molecule has 3 N–H and O–H groups in total. The summed E-state index contributed by atoms with van der Waals surface area (Å²) in [5, 5.41) is 0.629. The van der Waals surface area contributed by atoms with Gasteiger partial charge in [-0.2, -0.15) is 0 Å². The van der Waals surface area contributed by atoms with Gasteiger partial charge in [0.1, 0.15) is 0 Å². The molecule has 30 heavy (non-hydrogen) atoms. The Kier molecular flexibility index (Phi) is 9.00. The predicted octanol–water partition coefficient (Wildman–Crippen LogP) is 4.05. The van der Waals surface area contributed by atoms with Crippen LogP contribution in [-0.4, -0.2) is 30.2 Å². The molecule has 9 heteroatoms. The van der Waals surface area contributed by atoms with Gasteiger partial charge in [0, 0.05) is 21.2 Å². The quantitative estimate of drug-likeness (QED) is 0.623. The lowest BCUT2D eigenvalue weighted by Gasteiger charge is -2.25. The molecule has 0 radical (unpaired) electrons. The number of hydroxylamine groups is 1. The van der Waals surface area contributed by atoms with Crippen LogP contribution in [-0.2, 0) is 16.2 Å². The maximum absolute atomic E-state index is 12.9. The number of rotatable bonds is 6. The number of carbonyl (C=O) groups is 2. The Labute approximate surface area is 191 Å². The third-order valence-electron chi connectivity index (χ3n) is 4.35. The zero-order valence-corrected chi connectivity index (χ0v) is 19.2. The Hall–Kier alpha value is -1.77. The first-order chi connectivity index (χ1) is 13.8. The SMILES string of the molecule is CC(C)CONC(=O)c1ccc2c(c1)N(Cc1ccc(Cl)cc1)C(=O)[C@@H](N)CS2.Cl. The molecule has 1 aliphatic heterocycles. The van der Waals surface area contributed by atoms with Crippen molar-refractivity contribution in [3.8, 4) is 0 Å². The molecule has 0 saturated heterocycles. The van der Waals surface area contributed by atoms with E-state index in [1.807, 2.05) is 32.0 Å². The number of nitrogens with one attached hydrogen (secondary N) is 1. The summed E-state index contributed by atoms with van der Waals surface area (Å²) in [4.78, 5) is 33.2. The van der Waals surface area contributed by atoms with Gasteiger partial charge in [-0.15, -0.1) is 24.2 Å². The Morgan fingerprint density at radius 1 is 1.30 bits per heavy atom. The van der Waals surface area contributed by atoms with E-state index in [1.165, 1.54) is 11.8 Å². The second-order valence-corrected chi connectivity index (χ2v) is 8.79. The fraction of sp³-hybridized carbons (Fsp3) is 0.333. The van der Waals surface area contributed by atoms with Crippen molar-refractivity contribution in [2.45, 2.75) is 31.3 Å². The van der Waals surface area contributed by atoms with Crippen LogP contribution in [0, 0.1) is 5.92 Å². The summed E-state index contributed by atoms with van der Waals surface area (Å²) in [6, 6.07) is 12.0. The van der Waals surface area contributed by atoms with Crippen molar-refractivity contribution in [1.29, 1.82) is 0 Å². The van der Waals surface area contributed by atoms with Crippen LogP contribution < -0.4 is 16.1 Å². The van der Waals surface area contributed by atoms with Crippen molar-refractivity contribution in [2.75, 3.05) is 17.3 Å². The summed E-state index contributed by atoms with van der Waals surface area (Å²) in [6.07, 6.45) is 0. The molecule has 0 unspecified atom stereocenters. The number of carbonyl (C=O) groups excluding carboxylic acids is 2. The van der Waals surface area contributed by atoms with Gasteiger partial charge in [-0.3, -0.25) is 14.4 Å². The van der Waals surface area contributed by atoms with Crippen molar-refractivity contribution < 1.29 is 14.4 Å². The number of hydrogen-bond acceptors (Lipinski definition) is 5. The molecule has 2 aromatic rings. The normalized spacial score (nSPS) is 16.0. The highest BCUT2D eigenvalue weighted by Gasteiger charge is 2.29. The van der Waals surface area contributed by atoms with Crippen LogP contribution >= 0.6 is 35.8 Å². The molecule has 6 nitrogen and oxygen atoms in total. The van der Waals surface area contributed by atoms with Crippen LogP contribution in [0.25, 0.3) is 0 Å². The van der Waals surface area contributed by atoms with Gasteiger partial charge in [0.25, 0.3) is 5.91 Å². The highest BCUT2D eigenvalue weighted by Crippen LogP contribution is 2.36. The standard InChI is InChI=1S/C21H24ClN3O3S.ClH/c1-13(2)11-28-24-20(26)15-5-8-19-18(9-15)25(21(27)17(23)12-29-19)10-14-3-6-16(22)7-4-14;/h3-9,13,17H,10-12,23H2,1-2H3,(H,24,26);1H/t17-;/m0./s1. The van der Waals surface area contributed by atoms with Gasteiger partial charge >= 0.3 is 0 Å². The van der Waals surface area contributed by atoms with E-state index in [0.717, 1.165) is 10.5 Å². The summed E-state index contributed by atoms with van der Waals surface area (Å²) in [6.45, 7) is 4.75. The van der Waals surface area contributed by atoms with E-state index in [0.29, 0.717) is 41.1 Å². The predicted molar refractivity (Wildman–Crippen MR) is 123 cm³/mol. The van der Waals surface area contributed by atoms with Crippen LogP contribution in [0.15, 0.2) is 47.4 Å². The van der Waals surface area contributed by atoms with Gasteiger partial charge < -0.3 is 10.6 Å². The van der Waals surface area contributed by atoms with Crippen molar-refractivity contribution >= 4 is 53.3 Å². The minimum Gasteiger partial charge on any atom is -0.319 e. The molecule has 2 amide bonds. The summed E-state index contributed by atoms with van der Waals surface area (Å²) in [5.41, 5.74) is 10.5. The fourth-order valence-corrected chi connectivity index (χ4v) is 3.94. The summed E-state index contributed by atoms with van der Waals surface area (Å²) < 4.78 is 0. The first-order valence-corrected chi connectivity index (χ1v) is 10.7. The Bertz CT molecular complexity index is 894. The molecular formula is C21H25Cl2N3O3S. The zero-order chi connectivity index (χ0) is 21.0. The molecule has 1 atom stereocenters. The van der Waals surface area contributed by atoms with Crippen molar-refractivity contribution in [1.82, 2.24) is 5.48 Å². The summed E-state index contributed by atoms with van der Waals surface area (Å²) in [7, 11) is 0. The fourth-order valence-electron chi connectivity index (χ4n) is 2.83. The van der Waals surface area contributed by atoms with E-state index >= 15 is 0 Å². The maximum Gasteiger partial charge on any atom is 0.274 e. The van der Waals surface area contributed by atoms with Crippen molar-refractivity contribution in [3.05, 3.63) is 58.6 Å². The number of halogens is 2. The highest BCUT2D eigenvalue weighted by molar-refractivity contribution is 7.99. The van der Waals surface area contributed by atoms with Gasteiger partial charge in [-0.05, 0) is 41.8 Å². The van der Waals surface area contributed by atoms with Crippen molar-refractivity contribution in [2.24, 2.45) is 11.7 Å². The minimum atomic E-state index is -0.619. The average Bonchev–Trinajstić information content (AvgIpc) is 2.81. The number of nitrogens with two attached hydrogens (primary N) is 1. The van der Waals surface area contributed by atoms with Gasteiger partial charge in [-0.1, -0.05) is 37.6 Å². The third-order valence-corrected chi connectivity index (χ3v) is 5.78. The third kappa shape index (κ3) is 6.12. The molecular weight excluding hydrogens is 445 g/mol. The lowest BCUT2D eigenvalue weighted by atomic mass is 10.1. The van der Waals surface area contributed by atoms with Gasteiger partial charge in [-0.25, -0.2) is 5.48 Å². The van der Waals surface area contributed by atoms with Crippen LogP contribution in [0.2, 0.25) is 5.02 Å². The maximum atomic E-state index is 12.9. The molecule has 2 aromatic carbocycles. The molecule has 0 spiro atoms. The molecule has 0 fully saturated rings. The van der Waals surface area contributed by atoms with Crippen LogP contribution in [0.4, 0.5) is 5.69 Å². The van der Waals surface area contributed by atoms with Crippen LogP contribution in [0.3, 0.4) is 0 Å². The molecule has 1 aliphatic rings. The monoisotopic (exact) mass is 469 g/mol. The van der Waals surface area contributed by atoms with Crippen LogP contribution in [0.5, 0.6) is 0 Å². The summed E-state index contributed by atoms with van der Waals surface area (Å²) in [5.74, 6) is 0.241.